The third-order valence-corrected chi connectivity index (χ3v) is 6.02. The van der Waals surface area contributed by atoms with E-state index in [1.807, 2.05) is 49.1 Å². The minimum atomic E-state index is -0.833. The van der Waals surface area contributed by atoms with Crippen molar-refractivity contribution in [3.8, 4) is 5.75 Å². The van der Waals surface area contributed by atoms with Gasteiger partial charge < -0.3 is 14.7 Å². The maximum absolute atomic E-state index is 11.1. The van der Waals surface area contributed by atoms with Gasteiger partial charge in [-0.15, -0.1) is 0 Å². The molecule has 2 aliphatic rings. The van der Waals surface area contributed by atoms with Crippen molar-refractivity contribution in [1.82, 2.24) is 19.6 Å². The lowest BCUT2D eigenvalue weighted by Crippen LogP contribution is -2.43. The normalized spacial score (nSPS) is 27.5. The Morgan fingerprint density at radius 1 is 1.26 bits per heavy atom. The van der Waals surface area contributed by atoms with Crippen LogP contribution in [-0.2, 0) is 19.2 Å². The second-order valence-electron chi connectivity index (χ2n) is 8.23. The van der Waals surface area contributed by atoms with Crippen LogP contribution in [0.1, 0.15) is 30.9 Å². The Kier molecular flexibility index (Phi) is 4.97. The molecule has 0 aliphatic carbocycles. The van der Waals surface area contributed by atoms with E-state index in [4.69, 9.17) is 4.74 Å². The molecule has 0 radical (unpaired) electrons. The third kappa shape index (κ3) is 4.03. The molecule has 4 atom stereocenters. The topological polar surface area (TPSA) is 53.5 Å². The summed E-state index contributed by atoms with van der Waals surface area (Å²) in [7, 11) is 4.04. The summed E-state index contributed by atoms with van der Waals surface area (Å²) >= 11 is 0. The first-order valence-electron chi connectivity index (χ1n) is 9.81. The van der Waals surface area contributed by atoms with Crippen LogP contribution in [0, 0.1) is 0 Å². The molecule has 146 valence electrons. The monoisotopic (exact) mass is 370 g/mol. The molecule has 6 nitrogen and oxygen atoms in total. The lowest BCUT2D eigenvalue weighted by Gasteiger charge is -2.35. The highest BCUT2D eigenvalue weighted by Gasteiger charge is 2.39. The highest BCUT2D eigenvalue weighted by Crippen LogP contribution is 2.34. The molecule has 3 unspecified atom stereocenters. The van der Waals surface area contributed by atoms with Gasteiger partial charge in [-0.25, -0.2) is 0 Å². The molecule has 2 aliphatic heterocycles. The van der Waals surface area contributed by atoms with Crippen molar-refractivity contribution in [2.45, 2.75) is 44.0 Å². The predicted octanol–water partition coefficient (Wildman–Crippen LogP) is 1.98. The highest BCUT2D eigenvalue weighted by atomic mass is 16.5. The van der Waals surface area contributed by atoms with Crippen molar-refractivity contribution < 1.29 is 9.84 Å². The molecule has 2 fully saturated rings. The molecule has 0 bridgehead atoms. The van der Waals surface area contributed by atoms with Gasteiger partial charge in [0.05, 0.1) is 12.2 Å². The Morgan fingerprint density at radius 2 is 2.04 bits per heavy atom. The third-order valence-electron chi connectivity index (χ3n) is 6.02. The van der Waals surface area contributed by atoms with Crippen molar-refractivity contribution >= 4 is 0 Å². The van der Waals surface area contributed by atoms with E-state index in [0.717, 1.165) is 43.8 Å². The SMILES string of the molecule is CN1CCC[C@@H]1C(C)(O)c1ccc(OCC2CN2Cc2cnn(C)c2)cc1. The molecule has 2 aromatic rings. The highest BCUT2D eigenvalue weighted by molar-refractivity contribution is 5.32. The Balaban J connectivity index is 1.28. The zero-order valence-electron chi connectivity index (χ0n) is 16.5. The van der Waals surface area contributed by atoms with Crippen LogP contribution in [0.5, 0.6) is 5.75 Å². The standard InChI is InChI=1S/C21H30N4O2/c1-21(26,20-5-4-10-23(20)2)17-6-8-19(9-7-17)27-15-18-14-25(18)13-16-11-22-24(3)12-16/h6-9,11-12,18,20,26H,4-5,10,13-15H2,1-3H3/t18?,20-,21?,25?/m1/s1. The number of hydrogen-bond acceptors (Lipinski definition) is 5. The van der Waals surface area contributed by atoms with Crippen molar-refractivity contribution in [3.63, 3.8) is 0 Å². The van der Waals surface area contributed by atoms with E-state index < -0.39 is 5.60 Å². The fraction of sp³-hybridized carbons (Fsp3) is 0.571. The van der Waals surface area contributed by atoms with E-state index in [1.165, 1.54) is 5.56 Å². The summed E-state index contributed by atoms with van der Waals surface area (Å²) in [5.74, 6) is 0.863. The van der Waals surface area contributed by atoms with Gasteiger partial charge in [-0.1, -0.05) is 12.1 Å². The molecule has 2 saturated heterocycles. The van der Waals surface area contributed by atoms with Gasteiger partial charge in [-0.2, -0.15) is 5.10 Å². The first kappa shape index (κ1) is 18.5. The number of nitrogens with zero attached hydrogens (tertiary/aromatic N) is 4. The van der Waals surface area contributed by atoms with Crippen LogP contribution in [-0.4, -0.2) is 63.5 Å². The number of benzene rings is 1. The molecule has 6 heteroatoms. The van der Waals surface area contributed by atoms with Gasteiger partial charge in [0.1, 0.15) is 18.0 Å². The summed E-state index contributed by atoms with van der Waals surface area (Å²) in [4.78, 5) is 4.64. The molecule has 3 heterocycles. The van der Waals surface area contributed by atoms with E-state index in [2.05, 4.69) is 28.1 Å². The average molecular weight is 370 g/mol. The van der Waals surface area contributed by atoms with E-state index >= 15 is 0 Å². The molecular weight excluding hydrogens is 340 g/mol. The first-order valence-corrected chi connectivity index (χ1v) is 9.81. The van der Waals surface area contributed by atoms with Gasteiger partial charge in [0.2, 0.25) is 0 Å². The van der Waals surface area contributed by atoms with Gasteiger partial charge >= 0.3 is 0 Å². The van der Waals surface area contributed by atoms with Gasteiger partial charge in [0, 0.05) is 37.9 Å². The number of likely N-dealkylation sites (tertiary alicyclic amines) is 1. The largest absolute Gasteiger partial charge is 0.492 e. The molecule has 0 saturated carbocycles. The van der Waals surface area contributed by atoms with Gasteiger partial charge in [0.25, 0.3) is 0 Å². The number of ether oxygens (including phenoxy) is 1. The molecule has 0 spiro atoms. The van der Waals surface area contributed by atoms with E-state index in [1.54, 1.807) is 0 Å². The van der Waals surface area contributed by atoms with Crippen molar-refractivity contribution in [2.75, 3.05) is 26.7 Å². The van der Waals surface area contributed by atoms with Gasteiger partial charge in [-0.05, 0) is 51.1 Å². The predicted molar refractivity (Wildman–Crippen MR) is 105 cm³/mol. The Bertz CT molecular complexity index is 771. The Labute approximate surface area is 161 Å². The fourth-order valence-corrected chi connectivity index (χ4v) is 4.26. The number of rotatable bonds is 7. The molecule has 27 heavy (non-hydrogen) atoms. The van der Waals surface area contributed by atoms with Gasteiger partial charge in [-0.3, -0.25) is 9.58 Å². The summed E-state index contributed by atoms with van der Waals surface area (Å²) < 4.78 is 7.80. The molecule has 4 rings (SSSR count). The molecule has 1 N–H and O–H groups in total. The quantitative estimate of drug-likeness (QED) is 0.756. The molecule has 1 aromatic carbocycles. The number of aliphatic hydroxyl groups is 1. The van der Waals surface area contributed by atoms with Crippen LogP contribution >= 0.6 is 0 Å². The zero-order valence-corrected chi connectivity index (χ0v) is 16.5. The summed E-state index contributed by atoms with van der Waals surface area (Å²) in [6, 6.07) is 8.61. The number of aromatic nitrogens is 2. The van der Waals surface area contributed by atoms with Crippen LogP contribution in [0.2, 0.25) is 0 Å². The zero-order chi connectivity index (χ0) is 19.0. The van der Waals surface area contributed by atoms with Crippen LogP contribution in [0.3, 0.4) is 0 Å². The van der Waals surface area contributed by atoms with Crippen LogP contribution < -0.4 is 4.74 Å². The summed E-state index contributed by atoms with van der Waals surface area (Å²) in [6.07, 6.45) is 6.16. The number of aryl methyl sites for hydroxylation is 1. The van der Waals surface area contributed by atoms with Crippen molar-refractivity contribution in [2.24, 2.45) is 7.05 Å². The Morgan fingerprint density at radius 3 is 2.67 bits per heavy atom. The second kappa shape index (κ2) is 7.26. The van der Waals surface area contributed by atoms with Crippen LogP contribution in [0.4, 0.5) is 0 Å². The summed E-state index contributed by atoms with van der Waals surface area (Å²) in [6.45, 7) is 5.67. The average Bonchev–Trinajstić information content (AvgIpc) is 2.99. The second-order valence-corrected chi connectivity index (χ2v) is 8.23. The van der Waals surface area contributed by atoms with E-state index in [9.17, 15) is 5.11 Å². The first-order chi connectivity index (χ1) is 12.9. The number of likely N-dealkylation sites (N-methyl/N-ethyl adjacent to an activating group) is 1. The van der Waals surface area contributed by atoms with Crippen LogP contribution in [0.15, 0.2) is 36.7 Å². The lowest BCUT2D eigenvalue weighted by atomic mass is 9.87. The molecular formula is C21H30N4O2. The molecule has 0 amide bonds. The van der Waals surface area contributed by atoms with Crippen LogP contribution in [0.25, 0.3) is 0 Å². The number of hydrogen-bond donors (Lipinski definition) is 1. The van der Waals surface area contributed by atoms with Gasteiger partial charge in [0.15, 0.2) is 0 Å². The summed E-state index contributed by atoms with van der Waals surface area (Å²) in [5, 5.41) is 15.3. The van der Waals surface area contributed by atoms with E-state index in [-0.39, 0.29) is 6.04 Å². The maximum Gasteiger partial charge on any atom is 0.119 e. The van der Waals surface area contributed by atoms with Crippen molar-refractivity contribution in [3.05, 3.63) is 47.8 Å². The minimum absolute atomic E-state index is 0.178. The maximum atomic E-state index is 11.1. The minimum Gasteiger partial charge on any atom is -0.492 e. The lowest BCUT2D eigenvalue weighted by molar-refractivity contribution is -0.0153. The smallest absolute Gasteiger partial charge is 0.119 e. The molecule has 1 aromatic heterocycles. The van der Waals surface area contributed by atoms with Crippen molar-refractivity contribution in [1.29, 1.82) is 0 Å². The van der Waals surface area contributed by atoms with E-state index in [0.29, 0.717) is 12.6 Å². The Hall–Kier alpha value is -1.89. The fourth-order valence-electron chi connectivity index (χ4n) is 4.26. The summed E-state index contributed by atoms with van der Waals surface area (Å²) in [5.41, 5.74) is 1.36.